The zero-order chi connectivity index (χ0) is 18.7. The zero-order valence-electron chi connectivity index (χ0n) is 15.4. The largest absolute Gasteiger partial charge is 0.340 e. The van der Waals surface area contributed by atoms with Gasteiger partial charge in [0.05, 0.1) is 0 Å². The molecule has 0 bridgehead atoms. The summed E-state index contributed by atoms with van der Waals surface area (Å²) in [5.74, 6) is 0.875. The fraction of sp³-hybridized carbons (Fsp3) is 0.190. The number of anilines is 3. The van der Waals surface area contributed by atoms with Gasteiger partial charge in [-0.15, -0.1) is 0 Å². The summed E-state index contributed by atoms with van der Waals surface area (Å²) >= 11 is 0. The van der Waals surface area contributed by atoms with Crippen LogP contribution in [0.15, 0.2) is 48.5 Å². The van der Waals surface area contributed by atoms with Crippen LogP contribution in [-0.4, -0.2) is 15.9 Å². The highest BCUT2D eigenvalue weighted by molar-refractivity contribution is 6.03. The highest BCUT2D eigenvalue weighted by Crippen LogP contribution is 2.22. The lowest BCUT2D eigenvalue weighted by Gasteiger charge is -2.12. The minimum atomic E-state index is -0.259. The van der Waals surface area contributed by atoms with Crippen LogP contribution in [-0.2, 0) is 0 Å². The summed E-state index contributed by atoms with van der Waals surface area (Å²) in [6.45, 7) is 7.87. The molecule has 0 aliphatic rings. The Hall–Kier alpha value is -3.21. The van der Waals surface area contributed by atoms with E-state index in [1.165, 1.54) is 5.56 Å². The minimum absolute atomic E-state index is 0.259. The van der Waals surface area contributed by atoms with Gasteiger partial charge in [-0.25, -0.2) is 9.97 Å². The van der Waals surface area contributed by atoms with E-state index in [1.54, 1.807) is 13.0 Å². The minimum Gasteiger partial charge on any atom is -0.340 e. The normalized spacial score (nSPS) is 10.5. The van der Waals surface area contributed by atoms with Crippen molar-refractivity contribution in [3.05, 3.63) is 76.7 Å². The average molecular weight is 346 g/mol. The molecule has 3 aromatic rings. The Kier molecular flexibility index (Phi) is 4.98. The topological polar surface area (TPSA) is 66.9 Å². The fourth-order valence-electron chi connectivity index (χ4n) is 2.69. The zero-order valence-corrected chi connectivity index (χ0v) is 15.4. The van der Waals surface area contributed by atoms with Gasteiger partial charge in [0.2, 0.25) is 0 Å². The van der Waals surface area contributed by atoms with E-state index in [9.17, 15) is 4.79 Å². The Labute approximate surface area is 153 Å². The molecular formula is C21H22N4O. The molecule has 5 nitrogen and oxygen atoms in total. The van der Waals surface area contributed by atoms with E-state index in [2.05, 4.69) is 40.5 Å². The molecule has 5 heteroatoms. The lowest BCUT2D eigenvalue weighted by atomic mass is 10.1. The van der Waals surface area contributed by atoms with Crippen molar-refractivity contribution in [2.24, 2.45) is 0 Å². The number of aryl methyl sites for hydroxylation is 3. The van der Waals surface area contributed by atoms with E-state index in [-0.39, 0.29) is 5.91 Å². The number of amides is 1. The van der Waals surface area contributed by atoms with Crippen LogP contribution >= 0.6 is 0 Å². The third-order valence-corrected chi connectivity index (χ3v) is 4.21. The van der Waals surface area contributed by atoms with Crippen LogP contribution in [0.4, 0.5) is 17.2 Å². The number of nitrogens with zero attached hydrogens (tertiary/aromatic N) is 2. The molecule has 0 aliphatic heterocycles. The first kappa shape index (κ1) is 17.6. The molecule has 0 atom stereocenters. The second-order valence-corrected chi connectivity index (χ2v) is 6.38. The number of benzene rings is 2. The van der Waals surface area contributed by atoms with Crippen molar-refractivity contribution in [3.8, 4) is 0 Å². The van der Waals surface area contributed by atoms with E-state index in [4.69, 9.17) is 0 Å². The molecule has 26 heavy (non-hydrogen) atoms. The number of carbonyl (C=O) groups is 1. The Morgan fingerprint density at radius 1 is 0.923 bits per heavy atom. The highest BCUT2D eigenvalue weighted by Gasteiger charge is 2.12. The Morgan fingerprint density at radius 3 is 2.46 bits per heavy atom. The quantitative estimate of drug-likeness (QED) is 0.718. The molecule has 132 valence electrons. The molecule has 0 saturated carbocycles. The van der Waals surface area contributed by atoms with Crippen LogP contribution in [0.25, 0.3) is 0 Å². The number of aromatic nitrogens is 2. The maximum Gasteiger partial charge on any atom is 0.274 e. The fourth-order valence-corrected chi connectivity index (χ4v) is 2.69. The van der Waals surface area contributed by atoms with Crippen molar-refractivity contribution in [3.63, 3.8) is 0 Å². The summed E-state index contributed by atoms with van der Waals surface area (Å²) in [5, 5.41) is 6.17. The third kappa shape index (κ3) is 4.06. The summed E-state index contributed by atoms with van der Waals surface area (Å²) in [7, 11) is 0. The average Bonchev–Trinajstić information content (AvgIpc) is 2.58. The van der Waals surface area contributed by atoms with Gasteiger partial charge in [0, 0.05) is 17.4 Å². The standard InChI is InChI=1S/C21H22N4O/c1-13-7-5-9-17(11-13)24-21(26)19-12-20(23-16(4)22-19)25-18-10-6-8-14(2)15(18)3/h5-12H,1-4H3,(H,24,26)(H,22,23,25). The molecule has 0 unspecified atom stereocenters. The Bertz CT molecular complexity index is 966. The smallest absolute Gasteiger partial charge is 0.274 e. The van der Waals surface area contributed by atoms with Crippen molar-refractivity contribution >= 4 is 23.1 Å². The highest BCUT2D eigenvalue weighted by atomic mass is 16.1. The van der Waals surface area contributed by atoms with Gasteiger partial charge in [0.25, 0.3) is 5.91 Å². The molecule has 2 aromatic carbocycles. The van der Waals surface area contributed by atoms with Gasteiger partial charge in [0.15, 0.2) is 0 Å². The SMILES string of the molecule is Cc1cccc(NC(=O)c2cc(Nc3cccc(C)c3C)nc(C)n2)c1. The van der Waals surface area contributed by atoms with Crippen molar-refractivity contribution in [1.29, 1.82) is 0 Å². The molecule has 1 amide bonds. The van der Waals surface area contributed by atoms with Crippen LogP contribution in [0.1, 0.15) is 33.0 Å². The van der Waals surface area contributed by atoms with E-state index in [1.807, 2.05) is 43.3 Å². The van der Waals surface area contributed by atoms with Gasteiger partial charge in [0.1, 0.15) is 17.3 Å². The molecular weight excluding hydrogens is 324 g/mol. The number of hydrogen-bond donors (Lipinski definition) is 2. The lowest BCUT2D eigenvalue weighted by Crippen LogP contribution is -2.15. The van der Waals surface area contributed by atoms with E-state index in [0.717, 1.165) is 22.5 Å². The summed E-state index contributed by atoms with van der Waals surface area (Å²) < 4.78 is 0. The number of carbonyl (C=O) groups excluding carboxylic acids is 1. The summed E-state index contributed by atoms with van der Waals surface area (Å²) in [6.07, 6.45) is 0. The molecule has 0 radical (unpaired) electrons. The second-order valence-electron chi connectivity index (χ2n) is 6.38. The van der Waals surface area contributed by atoms with Crippen molar-refractivity contribution in [1.82, 2.24) is 9.97 Å². The lowest BCUT2D eigenvalue weighted by molar-refractivity contribution is 0.102. The van der Waals surface area contributed by atoms with Crippen LogP contribution in [0, 0.1) is 27.7 Å². The van der Waals surface area contributed by atoms with Crippen LogP contribution in [0.3, 0.4) is 0 Å². The predicted molar refractivity (Wildman–Crippen MR) is 105 cm³/mol. The second kappa shape index (κ2) is 7.35. The van der Waals surface area contributed by atoms with Crippen molar-refractivity contribution in [2.75, 3.05) is 10.6 Å². The first-order valence-corrected chi connectivity index (χ1v) is 8.49. The summed E-state index contributed by atoms with van der Waals surface area (Å²) in [5.41, 5.74) is 5.46. The van der Waals surface area contributed by atoms with Gasteiger partial charge in [-0.3, -0.25) is 4.79 Å². The maximum atomic E-state index is 12.6. The number of rotatable bonds is 4. The van der Waals surface area contributed by atoms with Crippen LogP contribution < -0.4 is 10.6 Å². The molecule has 1 heterocycles. The molecule has 0 fully saturated rings. The molecule has 2 N–H and O–H groups in total. The molecule has 0 saturated heterocycles. The van der Waals surface area contributed by atoms with E-state index < -0.39 is 0 Å². The van der Waals surface area contributed by atoms with Gasteiger partial charge < -0.3 is 10.6 Å². The molecule has 0 aliphatic carbocycles. The van der Waals surface area contributed by atoms with Gasteiger partial charge >= 0.3 is 0 Å². The number of nitrogens with one attached hydrogen (secondary N) is 2. The van der Waals surface area contributed by atoms with Gasteiger partial charge in [-0.05, 0) is 62.6 Å². The summed E-state index contributed by atoms with van der Waals surface area (Å²) in [6, 6.07) is 15.4. The van der Waals surface area contributed by atoms with Crippen LogP contribution in [0.2, 0.25) is 0 Å². The molecule has 1 aromatic heterocycles. The van der Waals surface area contributed by atoms with Gasteiger partial charge in [-0.2, -0.15) is 0 Å². The summed E-state index contributed by atoms with van der Waals surface area (Å²) in [4.78, 5) is 21.2. The van der Waals surface area contributed by atoms with E-state index >= 15 is 0 Å². The van der Waals surface area contributed by atoms with Crippen LogP contribution in [0.5, 0.6) is 0 Å². The van der Waals surface area contributed by atoms with Crippen molar-refractivity contribution in [2.45, 2.75) is 27.7 Å². The monoisotopic (exact) mass is 346 g/mol. The Balaban J connectivity index is 1.85. The van der Waals surface area contributed by atoms with E-state index in [0.29, 0.717) is 17.3 Å². The third-order valence-electron chi connectivity index (χ3n) is 4.21. The Morgan fingerprint density at radius 2 is 1.69 bits per heavy atom. The molecule has 3 rings (SSSR count). The number of hydrogen-bond acceptors (Lipinski definition) is 4. The van der Waals surface area contributed by atoms with Gasteiger partial charge in [-0.1, -0.05) is 24.3 Å². The first-order chi connectivity index (χ1) is 12.4. The maximum absolute atomic E-state index is 12.6. The predicted octanol–water partition coefficient (Wildman–Crippen LogP) is 4.71. The first-order valence-electron chi connectivity index (χ1n) is 8.49. The van der Waals surface area contributed by atoms with Crippen molar-refractivity contribution < 1.29 is 4.79 Å². The molecule has 0 spiro atoms.